The number of halogens is 1. The van der Waals surface area contributed by atoms with Crippen LogP contribution in [0.3, 0.4) is 0 Å². The third kappa shape index (κ3) is 3.06. The van der Waals surface area contributed by atoms with Gasteiger partial charge in [-0.05, 0) is 36.6 Å². The van der Waals surface area contributed by atoms with Crippen molar-refractivity contribution in [1.29, 1.82) is 5.26 Å². The van der Waals surface area contributed by atoms with Crippen molar-refractivity contribution in [2.75, 3.05) is 0 Å². The Balaban J connectivity index is 1.99. The highest BCUT2D eigenvalue weighted by molar-refractivity contribution is 9.10. The van der Waals surface area contributed by atoms with E-state index in [2.05, 4.69) is 36.8 Å². The normalized spacial score (nSPS) is 15.1. The van der Waals surface area contributed by atoms with Crippen LogP contribution < -0.4 is 0 Å². The summed E-state index contributed by atoms with van der Waals surface area (Å²) in [5.41, 5.74) is 1.55. The van der Waals surface area contributed by atoms with Gasteiger partial charge in [-0.25, -0.2) is 0 Å². The first-order valence-corrected chi connectivity index (χ1v) is 7.87. The number of hydrogen-bond donors (Lipinski definition) is 0. The zero-order valence-corrected chi connectivity index (χ0v) is 13.2. The van der Waals surface area contributed by atoms with Gasteiger partial charge in [-0.2, -0.15) is 5.26 Å². The number of fused-ring (bicyclic) bond motifs is 1. The van der Waals surface area contributed by atoms with E-state index in [1.54, 1.807) is 0 Å². The lowest BCUT2D eigenvalue weighted by molar-refractivity contribution is 0.627. The number of allylic oxidation sites excluding steroid dienone is 1. The van der Waals surface area contributed by atoms with Gasteiger partial charge < -0.3 is 4.57 Å². The number of nitrogens with zero attached hydrogens (tertiary/aromatic N) is 4. The van der Waals surface area contributed by atoms with E-state index in [-0.39, 0.29) is 0 Å². The Kier molecular flexibility index (Phi) is 4.16. The molecule has 0 saturated carbocycles. The molecule has 0 radical (unpaired) electrons. The maximum atomic E-state index is 9.48. The second-order valence-corrected chi connectivity index (χ2v) is 6.04. The van der Waals surface area contributed by atoms with Crippen LogP contribution in [-0.4, -0.2) is 14.8 Å². The van der Waals surface area contributed by atoms with Gasteiger partial charge in [0.15, 0.2) is 5.82 Å². The summed E-state index contributed by atoms with van der Waals surface area (Å²) in [6, 6.07) is 10.1. The van der Waals surface area contributed by atoms with E-state index in [4.69, 9.17) is 0 Å². The molecule has 1 aliphatic heterocycles. The highest BCUT2D eigenvalue weighted by atomic mass is 79.9. The van der Waals surface area contributed by atoms with E-state index in [0.29, 0.717) is 11.4 Å². The molecule has 0 spiro atoms. The van der Waals surface area contributed by atoms with Crippen LogP contribution in [0.2, 0.25) is 0 Å². The molecule has 1 aromatic heterocycles. The predicted molar refractivity (Wildman–Crippen MR) is 85.2 cm³/mol. The fourth-order valence-corrected chi connectivity index (χ4v) is 2.82. The smallest absolute Gasteiger partial charge is 0.174 e. The van der Waals surface area contributed by atoms with Crippen molar-refractivity contribution < 1.29 is 0 Å². The van der Waals surface area contributed by atoms with Crippen molar-refractivity contribution in [3.63, 3.8) is 0 Å². The summed E-state index contributed by atoms with van der Waals surface area (Å²) >= 11 is 3.41. The first kappa shape index (κ1) is 14.0. The van der Waals surface area contributed by atoms with Crippen molar-refractivity contribution in [2.45, 2.75) is 32.2 Å². The largest absolute Gasteiger partial charge is 0.310 e. The molecule has 0 amide bonds. The zero-order chi connectivity index (χ0) is 14.7. The summed E-state index contributed by atoms with van der Waals surface area (Å²) in [6.45, 7) is 0.900. The van der Waals surface area contributed by atoms with E-state index in [1.165, 1.54) is 6.42 Å². The Morgan fingerprint density at radius 1 is 1.19 bits per heavy atom. The monoisotopic (exact) mass is 342 g/mol. The Morgan fingerprint density at radius 3 is 2.76 bits per heavy atom. The number of aryl methyl sites for hydroxylation is 1. The van der Waals surface area contributed by atoms with Gasteiger partial charge in [0.05, 0.1) is 5.57 Å². The molecule has 5 heteroatoms. The summed E-state index contributed by atoms with van der Waals surface area (Å²) in [5, 5.41) is 18.0. The summed E-state index contributed by atoms with van der Waals surface area (Å²) < 4.78 is 3.12. The molecule has 21 heavy (non-hydrogen) atoms. The van der Waals surface area contributed by atoms with Gasteiger partial charge in [0, 0.05) is 17.4 Å². The number of rotatable bonds is 2. The highest BCUT2D eigenvalue weighted by Gasteiger charge is 2.17. The van der Waals surface area contributed by atoms with Crippen LogP contribution in [0.25, 0.3) is 11.6 Å². The molecule has 1 aromatic carbocycles. The topological polar surface area (TPSA) is 54.5 Å². The first-order valence-electron chi connectivity index (χ1n) is 7.08. The van der Waals surface area contributed by atoms with E-state index in [9.17, 15) is 5.26 Å². The van der Waals surface area contributed by atoms with E-state index < -0.39 is 0 Å². The molecule has 0 unspecified atom stereocenters. The Hall–Kier alpha value is -1.93. The maximum Gasteiger partial charge on any atom is 0.174 e. The van der Waals surface area contributed by atoms with Crippen LogP contribution in [0.4, 0.5) is 0 Å². The Bertz CT molecular complexity index is 707. The number of aromatic nitrogens is 3. The third-order valence-corrected chi connectivity index (χ3v) is 4.18. The Morgan fingerprint density at radius 2 is 2.00 bits per heavy atom. The van der Waals surface area contributed by atoms with Crippen molar-refractivity contribution in [3.05, 3.63) is 46.0 Å². The van der Waals surface area contributed by atoms with Crippen molar-refractivity contribution in [1.82, 2.24) is 14.8 Å². The van der Waals surface area contributed by atoms with Crippen molar-refractivity contribution in [2.24, 2.45) is 0 Å². The van der Waals surface area contributed by atoms with Gasteiger partial charge in [0.2, 0.25) is 0 Å². The molecule has 0 saturated heterocycles. The first-order chi connectivity index (χ1) is 10.3. The Labute approximate surface area is 132 Å². The summed E-state index contributed by atoms with van der Waals surface area (Å²) in [7, 11) is 0. The molecule has 3 rings (SSSR count). The third-order valence-electron chi connectivity index (χ3n) is 3.65. The maximum absolute atomic E-state index is 9.48. The van der Waals surface area contributed by atoms with Crippen LogP contribution in [-0.2, 0) is 13.0 Å². The van der Waals surface area contributed by atoms with Crippen LogP contribution in [0, 0.1) is 11.3 Å². The van der Waals surface area contributed by atoms with Gasteiger partial charge in [-0.15, -0.1) is 10.2 Å². The van der Waals surface area contributed by atoms with Gasteiger partial charge >= 0.3 is 0 Å². The fraction of sp³-hybridized carbons (Fsp3) is 0.312. The molecule has 0 bridgehead atoms. The molecule has 2 heterocycles. The second-order valence-electron chi connectivity index (χ2n) is 5.12. The van der Waals surface area contributed by atoms with E-state index >= 15 is 0 Å². The number of hydrogen-bond acceptors (Lipinski definition) is 3. The molecule has 0 atom stereocenters. The minimum Gasteiger partial charge on any atom is -0.310 e. The van der Waals surface area contributed by atoms with Crippen LogP contribution in [0.15, 0.2) is 28.7 Å². The molecule has 4 nitrogen and oxygen atoms in total. The standard InChI is InChI=1S/C16H15BrN4/c17-14-7-5-12(6-8-14)10-13(11-18)16-20-19-15-4-2-1-3-9-21(15)16/h5-8,10H,1-4,9H2/b13-10+. The predicted octanol–water partition coefficient (Wildman–Crippen LogP) is 3.83. The average molecular weight is 343 g/mol. The summed E-state index contributed by atoms with van der Waals surface area (Å²) in [6.07, 6.45) is 6.30. The van der Waals surface area contributed by atoms with Gasteiger partial charge in [-0.1, -0.05) is 34.5 Å². The summed E-state index contributed by atoms with van der Waals surface area (Å²) in [5.74, 6) is 1.69. The van der Waals surface area contributed by atoms with Crippen LogP contribution in [0.5, 0.6) is 0 Å². The van der Waals surface area contributed by atoms with Crippen molar-refractivity contribution >= 4 is 27.6 Å². The molecule has 0 N–H and O–H groups in total. The molecule has 1 aliphatic rings. The minimum atomic E-state index is 0.568. The molecule has 106 valence electrons. The zero-order valence-electron chi connectivity index (χ0n) is 11.6. The molecule has 0 aliphatic carbocycles. The number of nitriles is 1. The fourth-order valence-electron chi connectivity index (χ4n) is 2.56. The average Bonchev–Trinajstić information content (AvgIpc) is 2.75. The van der Waals surface area contributed by atoms with Crippen LogP contribution in [0.1, 0.15) is 36.5 Å². The van der Waals surface area contributed by atoms with Gasteiger partial charge in [0.25, 0.3) is 0 Å². The molecule has 0 fully saturated rings. The van der Waals surface area contributed by atoms with E-state index in [0.717, 1.165) is 41.7 Å². The van der Waals surface area contributed by atoms with Crippen molar-refractivity contribution in [3.8, 4) is 6.07 Å². The minimum absolute atomic E-state index is 0.568. The summed E-state index contributed by atoms with van der Waals surface area (Å²) in [4.78, 5) is 0. The lowest BCUT2D eigenvalue weighted by Crippen LogP contribution is -2.05. The molecular weight excluding hydrogens is 328 g/mol. The van der Waals surface area contributed by atoms with Gasteiger partial charge in [-0.3, -0.25) is 0 Å². The van der Waals surface area contributed by atoms with E-state index in [1.807, 2.05) is 30.3 Å². The second kappa shape index (κ2) is 6.23. The SMILES string of the molecule is N#C/C(=C\c1ccc(Br)cc1)c1nnc2n1CCCCC2. The quantitative estimate of drug-likeness (QED) is 0.779. The molecular formula is C16H15BrN4. The molecule has 2 aromatic rings. The highest BCUT2D eigenvalue weighted by Crippen LogP contribution is 2.22. The van der Waals surface area contributed by atoms with Gasteiger partial charge in [0.1, 0.15) is 11.9 Å². The number of benzene rings is 1. The lowest BCUT2D eigenvalue weighted by Gasteiger charge is -2.05. The lowest BCUT2D eigenvalue weighted by atomic mass is 10.1. The van der Waals surface area contributed by atoms with Crippen LogP contribution >= 0.6 is 15.9 Å².